The Kier molecular flexibility index (Phi) is 4.67. The maximum absolute atomic E-state index is 6.07. The first kappa shape index (κ1) is 15.7. The van der Waals surface area contributed by atoms with E-state index < -0.39 is 0 Å². The van der Waals surface area contributed by atoms with Crippen molar-refractivity contribution >= 4 is 31.3 Å². The van der Waals surface area contributed by atoms with E-state index in [2.05, 4.69) is 70.7 Å². The molecule has 20 heavy (non-hydrogen) atoms. The largest absolute Gasteiger partial charge is 0.494 e. The lowest BCUT2D eigenvalue weighted by molar-refractivity contribution is 0.00578. The number of benzene rings is 1. The summed E-state index contributed by atoms with van der Waals surface area (Å²) in [7, 11) is -0.293. The van der Waals surface area contributed by atoms with Crippen molar-refractivity contribution in [2.75, 3.05) is 5.75 Å². The van der Waals surface area contributed by atoms with Crippen LogP contribution in [-0.2, 0) is 9.31 Å². The van der Waals surface area contributed by atoms with Crippen molar-refractivity contribution in [3.05, 3.63) is 35.9 Å². The van der Waals surface area contributed by atoms with Crippen LogP contribution < -0.4 is 5.46 Å². The average Bonchev–Trinajstić information content (AvgIpc) is 2.59. The van der Waals surface area contributed by atoms with Gasteiger partial charge in [-0.3, -0.25) is 0 Å². The summed E-state index contributed by atoms with van der Waals surface area (Å²) in [6.07, 6.45) is 5.23. The van der Waals surface area contributed by atoms with E-state index in [1.54, 1.807) is 0 Å². The predicted molar refractivity (Wildman–Crippen MR) is 89.7 cm³/mol. The predicted octanol–water partition coefficient (Wildman–Crippen LogP) is 3.32. The molecular formula is C16H23BO2S. The highest BCUT2D eigenvalue weighted by Crippen LogP contribution is 2.36. The first-order valence-electron chi connectivity index (χ1n) is 7.09. The highest BCUT2D eigenvalue weighted by atomic mass is 32.1. The van der Waals surface area contributed by atoms with Gasteiger partial charge in [0.15, 0.2) is 0 Å². The molecule has 1 heterocycles. The fourth-order valence-electron chi connectivity index (χ4n) is 2.08. The second-order valence-corrected chi connectivity index (χ2v) is 6.62. The molecule has 0 aliphatic carbocycles. The van der Waals surface area contributed by atoms with Gasteiger partial charge in [-0.2, -0.15) is 12.6 Å². The summed E-state index contributed by atoms with van der Waals surface area (Å²) in [5.41, 5.74) is 1.64. The van der Waals surface area contributed by atoms with Crippen molar-refractivity contribution in [3.63, 3.8) is 0 Å². The second-order valence-electron chi connectivity index (χ2n) is 6.17. The van der Waals surface area contributed by atoms with Crippen LogP contribution in [0.15, 0.2) is 30.3 Å². The van der Waals surface area contributed by atoms with Crippen LogP contribution in [-0.4, -0.2) is 24.1 Å². The van der Waals surface area contributed by atoms with Gasteiger partial charge < -0.3 is 9.31 Å². The Bertz CT molecular complexity index is 481. The molecule has 0 unspecified atom stereocenters. The molecule has 0 saturated carbocycles. The van der Waals surface area contributed by atoms with Crippen LogP contribution in [0.25, 0.3) is 6.08 Å². The Hall–Kier alpha value is -0.705. The monoisotopic (exact) mass is 290 g/mol. The molecule has 1 fully saturated rings. The molecule has 4 heteroatoms. The molecule has 0 atom stereocenters. The Morgan fingerprint density at radius 3 is 2.40 bits per heavy atom. The summed E-state index contributed by atoms with van der Waals surface area (Å²) >= 11 is 4.21. The minimum Gasteiger partial charge on any atom is -0.399 e. The lowest BCUT2D eigenvalue weighted by Crippen LogP contribution is -2.41. The molecule has 0 amide bonds. The second kappa shape index (κ2) is 5.96. The smallest absolute Gasteiger partial charge is 0.399 e. The molecule has 0 radical (unpaired) electrons. The van der Waals surface area contributed by atoms with Gasteiger partial charge in [0.2, 0.25) is 0 Å². The van der Waals surface area contributed by atoms with Crippen LogP contribution in [0.5, 0.6) is 0 Å². The maximum atomic E-state index is 6.07. The Labute approximate surface area is 128 Å². The van der Waals surface area contributed by atoms with Gasteiger partial charge in [-0.15, -0.1) is 0 Å². The highest BCUT2D eigenvalue weighted by Gasteiger charge is 2.51. The SMILES string of the molecule is CC1(C)OB(c2cccc(C=CCCS)c2)OC1(C)C. The molecule has 2 nitrogen and oxygen atoms in total. The van der Waals surface area contributed by atoms with Crippen molar-refractivity contribution in [2.45, 2.75) is 45.3 Å². The third-order valence-electron chi connectivity index (χ3n) is 4.04. The van der Waals surface area contributed by atoms with Crippen LogP contribution in [0.4, 0.5) is 0 Å². The molecule has 1 aromatic rings. The molecule has 0 N–H and O–H groups in total. The first-order chi connectivity index (χ1) is 9.36. The topological polar surface area (TPSA) is 18.5 Å². The fourth-order valence-corrected chi connectivity index (χ4v) is 2.23. The van der Waals surface area contributed by atoms with E-state index in [1.807, 2.05) is 6.07 Å². The van der Waals surface area contributed by atoms with Crippen LogP contribution in [0.2, 0.25) is 0 Å². The van der Waals surface area contributed by atoms with Gasteiger partial charge in [0.25, 0.3) is 0 Å². The number of hydrogen-bond donors (Lipinski definition) is 1. The summed E-state index contributed by atoms with van der Waals surface area (Å²) in [5, 5.41) is 0. The molecule has 0 bridgehead atoms. The van der Waals surface area contributed by atoms with Gasteiger partial charge in [-0.1, -0.05) is 36.4 Å². The van der Waals surface area contributed by atoms with Gasteiger partial charge in [0.1, 0.15) is 0 Å². The molecule has 1 aliphatic rings. The number of rotatable bonds is 4. The van der Waals surface area contributed by atoms with Crippen molar-refractivity contribution in [3.8, 4) is 0 Å². The Morgan fingerprint density at radius 2 is 1.80 bits per heavy atom. The lowest BCUT2D eigenvalue weighted by Gasteiger charge is -2.32. The zero-order chi connectivity index (χ0) is 14.8. The van der Waals surface area contributed by atoms with Gasteiger partial charge >= 0.3 is 7.12 Å². The zero-order valence-corrected chi connectivity index (χ0v) is 13.6. The van der Waals surface area contributed by atoms with Gasteiger partial charge in [0, 0.05) is 0 Å². The normalized spacial score (nSPS) is 20.8. The molecule has 2 rings (SSSR count). The van der Waals surface area contributed by atoms with Crippen molar-refractivity contribution in [1.82, 2.24) is 0 Å². The van der Waals surface area contributed by atoms with E-state index in [0.717, 1.165) is 17.6 Å². The molecule has 0 aromatic heterocycles. The quantitative estimate of drug-likeness (QED) is 0.677. The third-order valence-corrected chi connectivity index (χ3v) is 4.30. The fraction of sp³-hybridized carbons (Fsp3) is 0.500. The van der Waals surface area contributed by atoms with Crippen LogP contribution in [0.3, 0.4) is 0 Å². The Morgan fingerprint density at radius 1 is 1.15 bits per heavy atom. The van der Waals surface area contributed by atoms with E-state index in [9.17, 15) is 0 Å². The minimum atomic E-state index is -0.296. The van der Waals surface area contributed by atoms with Crippen molar-refractivity contribution in [2.24, 2.45) is 0 Å². The minimum absolute atomic E-state index is 0.293. The lowest BCUT2D eigenvalue weighted by atomic mass is 9.78. The number of allylic oxidation sites excluding steroid dienone is 1. The third kappa shape index (κ3) is 3.30. The molecule has 1 saturated heterocycles. The molecule has 1 aromatic carbocycles. The molecule has 1 aliphatic heterocycles. The first-order valence-corrected chi connectivity index (χ1v) is 7.72. The van der Waals surface area contributed by atoms with Crippen molar-refractivity contribution < 1.29 is 9.31 Å². The average molecular weight is 290 g/mol. The zero-order valence-electron chi connectivity index (χ0n) is 12.7. The summed E-state index contributed by atoms with van der Waals surface area (Å²) < 4.78 is 12.1. The van der Waals surface area contributed by atoms with Crippen LogP contribution >= 0.6 is 12.6 Å². The van der Waals surface area contributed by atoms with Crippen LogP contribution in [0.1, 0.15) is 39.7 Å². The van der Waals surface area contributed by atoms with E-state index in [-0.39, 0.29) is 18.3 Å². The summed E-state index contributed by atoms with van der Waals surface area (Å²) in [5.74, 6) is 0.868. The standard InChI is InChI=1S/C16H23BO2S/c1-15(2)16(3,4)19-17(18-15)14-10-7-9-13(12-14)8-5-6-11-20/h5,7-10,12,20H,6,11H2,1-4H3. The number of hydrogen-bond acceptors (Lipinski definition) is 3. The molecule has 0 spiro atoms. The molecule has 108 valence electrons. The summed E-state index contributed by atoms with van der Waals surface area (Å²) in [6.45, 7) is 8.29. The van der Waals surface area contributed by atoms with E-state index in [4.69, 9.17) is 9.31 Å². The van der Waals surface area contributed by atoms with Gasteiger partial charge in [0.05, 0.1) is 11.2 Å². The number of thiol groups is 1. The Balaban J connectivity index is 2.17. The van der Waals surface area contributed by atoms with E-state index in [0.29, 0.717) is 0 Å². The van der Waals surface area contributed by atoms with Crippen molar-refractivity contribution in [1.29, 1.82) is 0 Å². The summed E-state index contributed by atoms with van der Waals surface area (Å²) in [6, 6.07) is 8.31. The van der Waals surface area contributed by atoms with Crippen LogP contribution in [0, 0.1) is 0 Å². The van der Waals surface area contributed by atoms with E-state index in [1.165, 1.54) is 5.56 Å². The molecular weight excluding hydrogens is 267 g/mol. The van der Waals surface area contributed by atoms with E-state index >= 15 is 0 Å². The van der Waals surface area contributed by atoms with Gasteiger partial charge in [-0.25, -0.2) is 0 Å². The maximum Gasteiger partial charge on any atom is 0.494 e. The van der Waals surface area contributed by atoms with Gasteiger partial charge in [-0.05, 0) is 50.9 Å². The summed E-state index contributed by atoms with van der Waals surface area (Å²) in [4.78, 5) is 0. The highest BCUT2D eigenvalue weighted by molar-refractivity contribution is 7.80.